The standard InChI is InChI=1S/C17H17NO4S/c1-17(18-2)11-15(19)14-9-8-13(10-16(14)22-17)23(20,21)12-6-4-3-5-7-12/h3-10,18H,11H2,1-2H3. The van der Waals surface area contributed by atoms with Crippen molar-refractivity contribution in [2.75, 3.05) is 7.05 Å². The Hall–Kier alpha value is -2.18. The van der Waals surface area contributed by atoms with Gasteiger partial charge in [-0.2, -0.15) is 0 Å². The molecule has 5 nitrogen and oxygen atoms in total. The van der Waals surface area contributed by atoms with Gasteiger partial charge in [0.1, 0.15) is 5.75 Å². The second kappa shape index (κ2) is 5.47. The highest BCUT2D eigenvalue weighted by Gasteiger charge is 2.36. The van der Waals surface area contributed by atoms with E-state index in [2.05, 4.69) is 5.32 Å². The van der Waals surface area contributed by atoms with E-state index in [1.54, 1.807) is 44.3 Å². The van der Waals surface area contributed by atoms with Crippen molar-refractivity contribution in [3.05, 3.63) is 54.1 Å². The summed E-state index contributed by atoms with van der Waals surface area (Å²) in [4.78, 5) is 12.5. The molecule has 1 atom stereocenters. The maximum Gasteiger partial charge on any atom is 0.206 e. The summed E-state index contributed by atoms with van der Waals surface area (Å²) in [6.07, 6.45) is 0.196. The molecule has 1 N–H and O–H groups in total. The minimum Gasteiger partial charge on any atom is -0.472 e. The molecule has 0 bridgehead atoms. The predicted octanol–water partition coefficient (Wildman–Crippen LogP) is 2.42. The maximum atomic E-state index is 12.7. The van der Waals surface area contributed by atoms with Crippen molar-refractivity contribution >= 4 is 15.6 Å². The Labute approximate surface area is 135 Å². The quantitative estimate of drug-likeness (QED) is 0.935. The van der Waals surface area contributed by atoms with Crippen LogP contribution < -0.4 is 10.1 Å². The fourth-order valence-electron chi connectivity index (χ4n) is 2.54. The topological polar surface area (TPSA) is 72.5 Å². The lowest BCUT2D eigenvalue weighted by atomic mass is 9.98. The van der Waals surface area contributed by atoms with Gasteiger partial charge in [-0.3, -0.25) is 10.1 Å². The molecular formula is C17H17NO4S. The van der Waals surface area contributed by atoms with E-state index in [4.69, 9.17) is 4.74 Å². The molecule has 1 heterocycles. The third-order valence-corrected chi connectivity index (χ3v) is 5.75. The lowest BCUT2D eigenvalue weighted by Crippen LogP contribution is -2.49. The van der Waals surface area contributed by atoms with Gasteiger partial charge in [0.25, 0.3) is 0 Å². The van der Waals surface area contributed by atoms with Crippen LogP contribution in [0.2, 0.25) is 0 Å². The number of sulfone groups is 1. The summed E-state index contributed by atoms with van der Waals surface area (Å²) in [5.41, 5.74) is -0.427. The number of ether oxygens (including phenoxy) is 1. The number of hydrogen-bond donors (Lipinski definition) is 1. The average molecular weight is 331 g/mol. The Balaban J connectivity index is 2.08. The van der Waals surface area contributed by atoms with Crippen LogP contribution in [-0.4, -0.2) is 27.0 Å². The monoisotopic (exact) mass is 331 g/mol. The van der Waals surface area contributed by atoms with Gasteiger partial charge in [-0.05, 0) is 44.3 Å². The van der Waals surface area contributed by atoms with Gasteiger partial charge in [0.2, 0.25) is 9.84 Å². The molecular weight excluding hydrogens is 314 g/mol. The first kappa shape index (κ1) is 15.7. The Bertz CT molecular complexity index is 861. The lowest BCUT2D eigenvalue weighted by molar-refractivity contribution is 0.0347. The van der Waals surface area contributed by atoms with E-state index in [0.29, 0.717) is 5.56 Å². The maximum absolute atomic E-state index is 12.7. The van der Waals surface area contributed by atoms with Crippen molar-refractivity contribution in [1.82, 2.24) is 5.32 Å². The second-order valence-electron chi connectivity index (χ2n) is 5.66. The Morgan fingerprint density at radius 1 is 1.09 bits per heavy atom. The largest absolute Gasteiger partial charge is 0.472 e. The number of fused-ring (bicyclic) bond motifs is 1. The first-order valence-electron chi connectivity index (χ1n) is 7.21. The molecule has 6 heteroatoms. The van der Waals surface area contributed by atoms with Gasteiger partial charge in [-0.25, -0.2) is 8.42 Å². The van der Waals surface area contributed by atoms with Crippen LogP contribution in [-0.2, 0) is 9.84 Å². The first-order chi connectivity index (χ1) is 10.9. The third kappa shape index (κ3) is 2.75. The van der Waals surface area contributed by atoms with E-state index in [9.17, 15) is 13.2 Å². The van der Waals surface area contributed by atoms with Crippen LogP contribution in [0.15, 0.2) is 58.3 Å². The first-order valence-corrected chi connectivity index (χ1v) is 8.69. The highest BCUT2D eigenvalue weighted by Crippen LogP contribution is 2.34. The number of hydrogen-bond acceptors (Lipinski definition) is 5. The third-order valence-electron chi connectivity index (χ3n) is 3.98. The number of benzene rings is 2. The Morgan fingerprint density at radius 2 is 1.78 bits per heavy atom. The van der Waals surface area contributed by atoms with E-state index < -0.39 is 15.6 Å². The average Bonchev–Trinajstić information content (AvgIpc) is 2.55. The van der Waals surface area contributed by atoms with Gasteiger partial charge in [-0.1, -0.05) is 18.2 Å². The number of ketones is 1. The van der Waals surface area contributed by atoms with Gasteiger partial charge in [-0.15, -0.1) is 0 Å². The summed E-state index contributed by atoms with van der Waals surface area (Å²) < 4.78 is 31.2. The predicted molar refractivity (Wildman–Crippen MR) is 85.4 cm³/mol. The fourth-order valence-corrected chi connectivity index (χ4v) is 3.84. The van der Waals surface area contributed by atoms with Crippen LogP contribution in [0.5, 0.6) is 5.75 Å². The summed E-state index contributed by atoms with van der Waals surface area (Å²) in [6, 6.07) is 12.6. The van der Waals surface area contributed by atoms with Crippen LogP contribution in [0.1, 0.15) is 23.7 Å². The molecule has 23 heavy (non-hydrogen) atoms. The van der Waals surface area contributed by atoms with E-state index >= 15 is 0 Å². The summed E-state index contributed by atoms with van der Waals surface area (Å²) in [5, 5.41) is 2.95. The molecule has 1 aliphatic heterocycles. The van der Waals surface area contributed by atoms with Crippen molar-refractivity contribution in [2.24, 2.45) is 0 Å². The smallest absolute Gasteiger partial charge is 0.206 e. The molecule has 0 aromatic heterocycles. The lowest BCUT2D eigenvalue weighted by Gasteiger charge is -2.34. The van der Waals surface area contributed by atoms with Crippen molar-refractivity contribution in [3.8, 4) is 5.75 Å². The van der Waals surface area contributed by atoms with E-state index in [1.165, 1.54) is 18.2 Å². The normalized spacial score (nSPS) is 20.7. The molecule has 0 aliphatic carbocycles. The molecule has 120 valence electrons. The van der Waals surface area contributed by atoms with Gasteiger partial charge in [0.05, 0.1) is 21.8 Å². The summed E-state index contributed by atoms with van der Waals surface area (Å²) in [5.74, 6) is 0.210. The molecule has 0 radical (unpaired) electrons. The SMILES string of the molecule is CNC1(C)CC(=O)c2ccc(S(=O)(=O)c3ccccc3)cc2O1. The van der Waals surface area contributed by atoms with Crippen molar-refractivity contribution in [3.63, 3.8) is 0 Å². The van der Waals surface area contributed by atoms with Crippen LogP contribution >= 0.6 is 0 Å². The zero-order valence-electron chi connectivity index (χ0n) is 12.9. The molecule has 0 amide bonds. The van der Waals surface area contributed by atoms with Crippen LogP contribution in [0.4, 0.5) is 0 Å². The molecule has 2 aromatic rings. The number of nitrogens with one attached hydrogen (secondary N) is 1. The molecule has 0 saturated heterocycles. The molecule has 2 aromatic carbocycles. The van der Waals surface area contributed by atoms with Crippen molar-refractivity contribution < 1.29 is 17.9 Å². The second-order valence-corrected chi connectivity index (χ2v) is 7.61. The van der Waals surface area contributed by atoms with Gasteiger partial charge < -0.3 is 4.74 Å². The van der Waals surface area contributed by atoms with Gasteiger partial charge in [0, 0.05) is 0 Å². The van der Waals surface area contributed by atoms with Crippen molar-refractivity contribution in [2.45, 2.75) is 28.9 Å². The summed E-state index contributed by atoms with van der Waals surface area (Å²) in [6.45, 7) is 1.76. The van der Waals surface area contributed by atoms with Gasteiger partial charge >= 0.3 is 0 Å². The molecule has 3 rings (SSSR count). The van der Waals surface area contributed by atoms with E-state index in [0.717, 1.165) is 0 Å². The molecule has 1 unspecified atom stereocenters. The van der Waals surface area contributed by atoms with Crippen molar-refractivity contribution in [1.29, 1.82) is 0 Å². The number of Topliss-reactive ketones (excluding diaryl/α,β-unsaturated/α-hetero) is 1. The Kier molecular flexibility index (Phi) is 3.74. The molecule has 0 spiro atoms. The molecule has 0 saturated carbocycles. The summed E-state index contributed by atoms with van der Waals surface area (Å²) >= 11 is 0. The van der Waals surface area contributed by atoms with Crippen LogP contribution in [0.3, 0.4) is 0 Å². The number of rotatable bonds is 3. The van der Waals surface area contributed by atoms with E-state index in [-0.39, 0.29) is 27.7 Å². The highest BCUT2D eigenvalue weighted by molar-refractivity contribution is 7.91. The Morgan fingerprint density at radius 3 is 2.43 bits per heavy atom. The minimum atomic E-state index is -3.65. The zero-order valence-corrected chi connectivity index (χ0v) is 13.7. The van der Waals surface area contributed by atoms with Crippen LogP contribution in [0, 0.1) is 0 Å². The number of carbonyl (C=O) groups excluding carboxylic acids is 1. The summed E-state index contributed by atoms with van der Waals surface area (Å²) in [7, 11) is -1.95. The van der Waals surface area contributed by atoms with Gasteiger partial charge in [0.15, 0.2) is 11.5 Å². The molecule has 1 aliphatic rings. The fraction of sp³-hybridized carbons (Fsp3) is 0.235. The minimum absolute atomic E-state index is 0.0771. The zero-order chi connectivity index (χ0) is 16.7. The van der Waals surface area contributed by atoms with E-state index in [1.807, 2.05) is 0 Å². The van der Waals surface area contributed by atoms with Crippen LogP contribution in [0.25, 0.3) is 0 Å². The molecule has 0 fully saturated rings. The number of carbonyl (C=O) groups is 1. The highest BCUT2D eigenvalue weighted by atomic mass is 32.2.